The van der Waals surface area contributed by atoms with Crippen molar-refractivity contribution in [2.75, 3.05) is 5.32 Å². The molecule has 3 nitrogen and oxygen atoms in total. The van der Waals surface area contributed by atoms with Crippen LogP contribution < -0.4 is 5.32 Å². The Morgan fingerprint density at radius 2 is 2.00 bits per heavy atom. The fourth-order valence-electron chi connectivity index (χ4n) is 1.51. The average Bonchev–Trinajstić information content (AvgIpc) is 2.37. The van der Waals surface area contributed by atoms with Crippen molar-refractivity contribution in [3.63, 3.8) is 0 Å². The second-order valence-corrected chi connectivity index (χ2v) is 4.54. The first-order valence-corrected chi connectivity index (χ1v) is 6.33. The van der Waals surface area contributed by atoms with Crippen LogP contribution in [0, 0.1) is 0 Å². The van der Waals surface area contributed by atoms with Crippen molar-refractivity contribution < 1.29 is 13.2 Å². The van der Waals surface area contributed by atoms with Gasteiger partial charge in [-0.2, -0.15) is 13.2 Å². The predicted octanol–water partition coefficient (Wildman–Crippen LogP) is 4.63. The maximum absolute atomic E-state index is 12.8. The molecule has 1 heterocycles. The van der Waals surface area contributed by atoms with Crippen LogP contribution in [0.15, 0.2) is 30.5 Å². The number of anilines is 2. The Kier molecular flexibility index (Phi) is 4.35. The summed E-state index contributed by atoms with van der Waals surface area (Å²) in [7, 11) is 0. The van der Waals surface area contributed by atoms with Crippen molar-refractivity contribution in [1.82, 2.24) is 9.97 Å². The van der Waals surface area contributed by atoms with Crippen LogP contribution in [0.3, 0.4) is 0 Å². The molecule has 8 heteroatoms. The summed E-state index contributed by atoms with van der Waals surface area (Å²) in [6, 6.07) is 6.49. The van der Waals surface area contributed by atoms with Gasteiger partial charge in [-0.05, 0) is 18.2 Å². The fraction of sp³-hybridized carbons (Fsp3) is 0.167. The lowest BCUT2D eigenvalue weighted by molar-refractivity contribution is -0.141. The number of nitrogens with zero attached hydrogens (tertiary/aromatic N) is 2. The van der Waals surface area contributed by atoms with E-state index in [0.29, 0.717) is 10.7 Å². The smallest absolute Gasteiger partial charge is 0.324 e. The van der Waals surface area contributed by atoms with Gasteiger partial charge in [-0.15, -0.1) is 11.6 Å². The molecule has 0 saturated heterocycles. The van der Waals surface area contributed by atoms with Gasteiger partial charge < -0.3 is 5.32 Å². The number of aromatic nitrogens is 2. The van der Waals surface area contributed by atoms with Crippen LogP contribution in [-0.4, -0.2) is 9.97 Å². The molecule has 0 aliphatic carbocycles. The van der Waals surface area contributed by atoms with Gasteiger partial charge >= 0.3 is 6.18 Å². The molecule has 2 rings (SSSR count). The van der Waals surface area contributed by atoms with E-state index in [2.05, 4.69) is 15.3 Å². The number of benzene rings is 1. The molecule has 106 valence electrons. The lowest BCUT2D eigenvalue weighted by atomic mass is 10.2. The van der Waals surface area contributed by atoms with Crippen molar-refractivity contribution in [1.29, 1.82) is 0 Å². The van der Waals surface area contributed by atoms with Gasteiger partial charge in [0, 0.05) is 22.5 Å². The predicted molar refractivity (Wildman–Crippen MR) is 71.3 cm³/mol. The van der Waals surface area contributed by atoms with Crippen LogP contribution in [0.5, 0.6) is 0 Å². The Balaban J connectivity index is 2.34. The van der Waals surface area contributed by atoms with E-state index in [0.717, 1.165) is 6.20 Å². The molecule has 0 spiro atoms. The Morgan fingerprint density at radius 3 is 2.60 bits per heavy atom. The second-order valence-electron chi connectivity index (χ2n) is 3.83. The van der Waals surface area contributed by atoms with Crippen LogP contribution in [0.1, 0.15) is 11.3 Å². The largest absolute Gasteiger partial charge is 0.433 e. The molecule has 20 heavy (non-hydrogen) atoms. The molecule has 1 aromatic heterocycles. The van der Waals surface area contributed by atoms with Gasteiger partial charge in [0.15, 0.2) is 5.69 Å². The minimum absolute atomic E-state index is 0.171. The van der Waals surface area contributed by atoms with Gasteiger partial charge in [0.1, 0.15) is 0 Å². The third kappa shape index (κ3) is 3.52. The van der Waals surface area contributed by atoms with Gasteiger partial charge in [0.2, 0.25) is 5.95 Å². The summed E-state index contributed by atoms with van der Waals surface area (Å²) in [6.45, 7) is 0. The maximum Gasteiger partial charge on any atom is 0.433 e. The Morgan fingerprint density at radius 1 is 1.25 bits per heavy atom. The molecule has 0 atom stereocenters. The van der Waals surface area contributed by atoms with Gasteiger partial charge in [0.25, 0.3) is 0 Å². The quantitative estimate of drug-likeness (QED) is 0.837. The number of hydrogen-bond acceptors (Lipinski definition) is 3. The molecular formula is C12H8Cl2F3N3. The highest BCUT2D eigenvalue weighted by molar-refractivity contribution is 6.30. The number of alkyl halides is 4. The summed E-state index contributed by atoms with van der Waals surface area (Å²) < 4.78 is 38.5. The Bertz CT molecular complexity index is 617. The van der Waals surface area contributed by atoms with E-state index in [9.17, 15) is 13.2 Å². The zero-order valence-electron chi connectivity index (χ0n) is 9.88. The van der Waals surface area contributed by atoms with Crippen LogP contribution in [-0.2, 0) is 12.1 Å². The van der Waals surface area contributed by atoms with Gasteiger partial charge in [-0.25, -0.2) is 9.97 Å². The normalized spacial score (nSPS) is 11.4. The highest BCUT2D eigenvalue weighted by atomic mass is 35.5. The van der Waals surface area contributed by atoms with Crippen molar-refractivity contribution >= 4 is 34.8 Å². The number of nitrogens with one attached hydrogen (secondary N) is 1. The summed E-state index contributed by atoms with van der Waals surface area (Å²) in [4.78, 5) is 7.26. The van der Waals surface area contributed by atoms with E-state index in [4.69, 9.17) is 23.2 Å². The first-order valence-electron chi connectivity index (χ1n) is 5.42. The lowest BCUT2D eigenvalue weighted by Gasteiger charge is -2.12. The summed E-state index contributed by atoms with van der Waals surface area (Å²) >= 11 is 11.2. The highest BCUT2D eigenvalue weighted by Crippen LogP contribution is 2.31. The molecule has 0 saturated carbocycles. The molecule has 0 bridgehead atoms. The molecule has 0 unspecified atom stereocenters. The molecule has 0 amide bonds. The van der Waals surface area contributed by atoms with Crippen molar-refractivity contribution in [2.24, 2.45) is 0 Å². The minimum Gasteiger partial charge on any atom is -0.324 e. The van der Waals surface area contributed by atoms with E-state index in [1.54, 1.807) is 24.3 Å². The molecule has 0 aliphatic heterocycles. The fourth-order valence-corrected chi connectivity index (χ4v) is 1.89. The van der Waals surface area contributed by atoms with Gasteiger partial charge in [-0.3, -0.25) is 0 Å². The molecule has 2 aromatic rings. The van der Waals surface area contributed by atoms with Crippen molar-refractivity contribution in [3.05, 3.63) is 46.7 Å². The van der Waals surface area contributed by atoms with Crippen molar-refractivity contribution in [3.8, 4) is 0 Å². The molecular weight excluding hydrogens is 314 g/mol. The molecule has 0 radical (unpaired) electrons. The van der Waals surface area contributed by atoms with Crippen LogP contribution in [0.4, 0.5) is 24.8 Å². The standard InChI is InChI=1S/C12H8Cl2F3N3/c13-5-7-6-18-11(20-10(7)12(15,16)17)19-9-3-1-2-8(14)4-9/h1-4,6H,5H2,(H,18,19,20). The molecule has 1 aromatic carbocycles. The molecule has 0 fully saturated rings. The zero-order chi connectivity index (χ0) is 14.8. The first-order chi connectivity index (χ1) is 9.40. The van der Waals surface area contributed by atoms with E-state index in [1.807, 2.05) is 0 Å². The van der Waals surface area contributed by atoms with Crippen molar-refractivity contribution in [2.45, 2.75) is 12.1 Å². The third-order valence-corrected chi connectivity index (χ3v) is 2.88. The summed E-state index contributed by atoms with van der Waals surface area (Å²) in [5.41, 5.74) is -0.730. The number of hydrogen-bond donors (Lipinski definition) is 1. The number of rotatable bonds is 3. The van der Waals surface area contributed by atoms with E-state index < -0.39 is 11.9 Å². The van der Waals surface area contributed by atoms with E-state index in [-0.39, 0.29) is 17.4 Å². The summed E-state index contributed by atoms with van der Waals surface area (Å²) in [6.07, 6.45) is -3.53. The highest BCUT2D eigenvalue weighted by Gasteiger charge is 2.35. The lowest BCUT2D eigenvalue weighted by Crippen LogP contribution is -2.13. The zero-order valence-corrected chi connectivity index (χ0v) is 11.4. The first kappa shape index (κ1) is 14.9. The average molecular weight is 322 g/mol. The Labute approximate surface area is 122 Å². The number of halogens is 5. The van der Waals surface area contributed by atoms with Gasteiger partial charge in [-0.1, -0.05) is 17.7 Å². The summed E-state index contributed by atoms with van der Waals surface area (Å²) in [5, 5.41) is 3.11. The Hall–Kier alpha value is -1.53. The van der Waals surface area contributed by atoms with E-state index >= 15 is 0 Å². The second kappa shape index (κ2) is 5.85. The topological polar surface area (TPSA) is 37.8 Å². The third-order valence-electron chi connectivity index (χ3n) is 2.36. The SMILES string of the molecule is FC(F)(F)c1nc(Nc2cccc(Cl)c2)ncc1CCl. The monoisotopic (exact) mass is 321 g/mol. The van der Waals surface area contributed by atoms with Gasteiger partial charge in [0.05, 0.1) is 5.88 Å². The van der Waals surface area contributed by atoms with E-state index in [1.165, 1.54) is 0 Å². The molecule has 0 aliphatic rings. The van der Waals surface area contributed by atoms with Crippen LogP contribution >= 0.6 is 23.2 Å². The van der Waals surface area contributed by atoms with Crippen LogP contribution in [0.25, 0.3) is 0 Å². The maximum atomic E-state index is 12.8. The van der Waals surface area contributed by atoms with Crippen LogP contribution in [0.2, 0.25) is 5.02 Å². The molecule has 1 N–H and O–H groups in total. The summed E-state index contributed by atoms with van der Waals surface area (Å²) in [5.74, 6) is -0.486. The minimum atomic E-state index is -4.59.